The van der Waals surface area contributed by atoms with E-state index in [0.29, 0.717) is 0 Å². The molecule has 2 rings (SSSR count). The molecule has 1 aliphatic rings. The maximum absolute atomic E-state index is 4.20. The van der Waals surface area contributed by atoms with Gasteiger partial charge in [0.15, 0.2) is 0 Å². The van der Waals surface area contributed by atoms with Gasteiger partial charge in [0.25, 0.3) is 0 Å². The number of anilines is 1. The van der Waals surface area contributed by atoms with E-state index in [-0.39, 0.29) is 5.78 Å². The van der Waals surface area contributed by atoms with Gasteiger partial charge in [-0.3, -0.25) is 0 Å². The van der Waals surface area contributed by atoms with Crippen LogP contribution in [0.4, 0.5) is 5.69 Å². The number of allylic oxidation sites excluding steroid dienone is 1. The summed E-state index contributed by atoms with van der Waals surface area (Å²) in [4.78, 5) is 0. The first kappa shape index (κ1) is 10.3. The Morgan fingerprint density at radius 1 is 1.33 bits per heavy atom. The molecule has 0 fully saturated rings. The molecule has 1 aromatic carbocycles. The van der Waals surface area contributed by atoms with E-state index < -0.39 is 0 Å². The molecule has 0 aromatic heterocycles. The molecule has 0 aliphatic carbocycles. The first-order valence-corrected chi connectivity index (χ1v) is 5.70. The Morgan fingerprint density at radius 2 is 2.07 bits per heavy atom. The summed E-state index contributed by atoms with van der Waals surface area (Å²) in [6, 6.07) is 10.1. The largest absolute Gasteiger partial charge is 0.220 e. The fourth-order valence-corrected chi connectivity index (χ4v) is 1.81. The molecule has 0 spiro atoms. The molecule has 1 heterocycles. The Morgan fingerprint density at radius 3 is 2.73 bits per heavy atom. The molecule has 0 radical (unpaired) electrons. The van der Waals surface area contributed by atoms with Crippen molar-refractivity contribution >= 4 is 14.9 Å². The lowest BCUT2D eigenvalue weighted by molar-refractivity contribution is 0.776. The Hall–Kier alpha value is -1.21. The highest BCUT2D eigenvalue weighted by atomic mass is 31.0. The lowest BCUT2D eigenvalue weighted by Crippen LogP contribution is -2.19. The fourth-order valence-electron chi connectivity index (χ4n) is 1.52. The van der Waals surface area contributed by atoms with Crippen LogP contribution in [0.25, 0.3) is 0 Å². The monoisotopic (exact) mass is 219 g/mol. The standard InChI is InChI=1S/C11H14N3P/c1-2-9-8-11(15)12-13-14(9)10-6-4-3-5-7-10/h3-8,11H,2,15H2,1H3. The topological polar surface area (TPSA) is 28.0 Å². The minimum Gasteiger partial charge on any atom is -0.220 e. The Kier molecular flexibility index (Phi) is 3.12. The van der Waals surface area contributed by atoms with Crippen molar-refractivity contribution in [2.45, 2.75) is 19.1 Å². The quantitative estimate of drug-likeness (QED) is 0.701. The van der Waals surface area contributed by atoms with Gasteiger partial charge >= 0.3 is 0 Å². The number of hydrogen-bond acceptors (Lipinski definition) is 3. The summed E-state index contributed by atoms with van der Waals surface area (Å²) in [5.74, 6) is 0.111. The number of rotatable bonds is 2. The summed E-state index contributed by atoms with van der Waals surface area (Å²) in [7, 11) is 2.65. The zero-order valence-electron chi connectivity index (χ0n) is 8.67. The Balaban J connectivity index is 2.30. The van der Waals surface area contributed by atoms with E-state index in [9.17, 15) is 0 Å². The van der Waals surface area contributed by atoms with Crippen LogP contribution in [0.1, 0.15) is 13.3 Å². The van der Waals surface area contributed by atoms with Crippen molar-refractivity contribution in [1.29, 1.82) is 0 Å². The molecule has 0 saturated heterocycles. The molecule has 15 heavy (non-hydrogen) atoms. The van der Waals surface area contributed by atoms with E-state index in [1.807, 2.05) is 35.3 Å². The lowest BCUT2D eigenvalue weighted by Gasteiger charge is -2.24. The first-order chi connectivity index (χ1) is 7.31. The average molecular weight is 219 g/mol. The molecule has 2 unspecified atom stereocenters. The Labute approximate surface area is 92.1 Å². The summed E-state index contributed by atoms with van der Waals surface area (Å²) in [6.45, 7) is 2.12. The van der Waals surface area contributed by atoms with E-state index >= 15 is 0 Å². The number of benzene rings is 1. The molecule has 78 valence electrons. The molecule has 1 aliphatic heterocycles. The summed E-state index contributed by atoms with van der Waals surface area (Å²) >= 11 is 0. The second-order valence-corrected chi connectivity index (χ2v) is 4.04. The molecular weight excluding hydrogens is 205 g/mol. The molecule has 4 heteroatoms. The van der Waals surface area contributed by atoms with E-state index in [4.69, 9.17) is 0 Å². The van der Waals surface area contributed by atoms with Gasteiger partial charge in [-0.15, -0.1) is 9.24 Å². The van der Waals surface area contributed by atoms with Gasteiger partial charge in [0.2, 0.25) is 0 Å². The van der Waals surface area contributed by atoms with Crippen LogP contribution in [0.5, 0.6) is 0 Å². The normalized spacial score (nSPS) is 20.3. The SMILES string of the molecule is CCC1=CC(P)N=NN1c1ccccc1. The molecule has 2 atom stereocenters. The molecular formula is C11H14N3P. The lowest BCUT2D eigenvalue weighted by atomic mass is 10.2. The van der Waals surface area contributed by atoms with Crippen molar-refractivity contribution in [3.8, 4) is 0 Å². The van der Waals surface area contributed by atoms with E-state index in [1.165, 1.54) is 5.70 Å². The van der Waals surface area contributed by atoms with Crippen LogP contribution in [0.3, 0.4) is 0 Å². The maximum atomic E-state index is 4.20. The zero-order chi connectivity index (χ0) is 10.7. The smallest absolute Gasteiger partial charge is 0.106 e. The predicted octanol–water partition coefficient (Wildman–Crippen LogP) is 3.37. The highest BCUT2D eigenvalue weighted by Crippen LogP contribution is 2.26. The van der Waals surface area contributed by atoms with Crippen LogP contribution in [-0.4, -0.2) is 5.78 Å². The first-order valence-electron chi connectivity index (χ1n) is 5.03. The van der Waals surface area contributed by atoms with Gasteiger partial charge in [0.05, 0.1) is 5.69 Å². The molecule has 1 aromatic rings. The van der Waals surface area contributed by atoms with Gasteiger partial charge in [-0.1, -0.05) is 30.3 Å². The number of hydrogen-bond donors (Lipinski definition) is 0. The second-order valence-electron chi connectivity index (χ2n) is 3.35. The van der Waals surface area contributed by atoms with E-state index in [0.717, 1.165) is 12.1 Å². The van der Waals surface area contributed by atoms with Gasteiger partial charge in [-0.25, -0.2) is 5.01 Å². The van der Waals surface area contributed by atoms with Crippen LogP contribution in [0, 0.1) is 0 Å². The van der Waals surface area contributed by atoms with Crippen LogP contribution in [-0.2, 0) is 0 Å². The van der Waals surface area contributed by atoms with Crippen molar-refractivity contribution in [3.05, 3.63) is 42.1 Å². The fraction of sp³-hybridized carbons (Fsp3) is 0.273. The highest BCUT2D eigenvalue weighted by Gasteiger charge is 2.14. The van der Waals surface area contributed by atoms with Crippen molar-refractivity contribution in [2.24, 2.45) is 10.3 Å². The maximum Gasteiger partial charge on any atom is 0.106 e. The summed E-state index contributed by atoms with van der Waals surface area (Å²) < 4.78 is 0. The third-order valence-electron chi connectivity index (χ3n) is 2.27. The molecule has 3 nitrogen and oxygen atoms in total. The number of para-hydroxylation sites is 1. The van der Waals surface area contributed by atoms with Gasteiger partial charge in [0.1, 0.15) is 5.78 Å². The van der Waals surface area contributed by atoms with Crippen LogP contribution in [0.2, 0.25) is 0 Å². The van der Waals surface area contributed by atoms with Crippen molar-refractivity contribution < 1.29 is 0 Å². The van der Waals surface area contributed by atoms with Gasteiger partial charge < -0.3 is 0 Å². The summed E-state index contributed by atoms with van der Waals surface area (Å²) in [5, 5.41) is 10.2. The van der Waals surface area contributed by atoms with Gasteiger partial charge in [-0.2, -0.15) is 5.11 Å². The van der Waals surface area contributed by atoms with E-state index in [1.54, 1.807) is 0 Å². The average Bonchev–Trinajstić information content (AvgIpc) is 2.30. The third kappa shape index (κ3) is 2.24. The second kappa shape index (κ2) is 4.54. The van der Waals surface area contributed by atoms with Crippen LogP contribution < -0.4 is 5.01 Å². The van der Waals surface area contributed by atoms with Crippen LogP contribution >= 0.6 is 9.24 Å². The van der Waals surface area contributed by atoms with Crippen molar-refractivity contribution in [1.82, 2.24) is 0 Å². The minimum atomic E-state index is 0.111. The van der Waals surface area contributed by atoms with Crippen molar-refractivity contribution in [3.63, 3.8) is 0 Å². The van der Waals surface area contributed by atoms with Gasteiger partial charge in [-0.05, 0) is 24.6 Å². The molecule has 0 N–H and O–H groups in total. The molecule has 0 saturated carbocycles. The summed E-state index contributed by atoms with van der Waals surface area (Å²) in [5.41, 5.74) is 2.25. The predicted molar refractivity (Wildman–Crippen MR) is 65.6 cm³/mol. The highest BCUT2D eigenvalue weighted by molar-refractivity contribution is 7.17. The van der Waals surface area contributed by atoms with E-state index in [2.05, 4.69) is 32.6 Å². The van der Waals surface area contributed by atoms with Gasteiger partial charge in [0, 0.05) is 5.70 Å². The van der Waals surface area contributed by atoms with Crippen molar-refractivity contribution in [2.75, 3.05) is 5.01 Å². The third-order valence-corrected chi connectivity index (χ3v) is 2.60. The molecule has 0 bridgehead atoms. The molecule has 0 amide bonds. The minimum absolute atomic E-state index is 0.111. The zero-order valence-corrected chi connectivity index (χ0v) is 9.82. The number of nitrogens with zero attached hydrogens (tertiary/aromatic N) is 3. The Bertz CT molecular complexity index is 386. The van der Waals surface area contributed by atoms with Crippen LogP contribution in [0.15, 0.2) is 52.4 Å². The summed E-state index contributed by atoms with van der Waals surface area (Å²) in [6.07, 6.45) is 3.07.